The molecule has 0 saturated heterocycles. The van der Waals surface area contributed by atoms with E-state index in [-0.39, 0.29) is 12.0 Å². The number of rotatable bonds is 13. The predicted octanol–water partition coefficient (Wildman–Crippen LogP) is 5.55. The molecule has 1 spiro atoms. The van der Waals surface area contributed by atoms with Gasteiger partial charge in [0.2, 0.25) is 0 Å². The van der Waals surface area contributed by atoms with Gasteiger partial charge in [0.15, 0.2) is 0 Å². The Hall–Kier alpha value is -4.03. The summed E-state index contributed by atoms with van der Waals surface area (Å²) in [7, 11) is -4.00. The van der Waals surface area contributed by atoms with Gasteiger partial charge in [-0.3, -0.25) is 9.79 Å². The molecule has 1 unspecified atom stereocenters. The van der Waals surface area contributed by atoms with Crippen LogP contribution in [0.2, 0.25) is 6.04 Å². The zero-order valence-electron chi connectivity index (χ0n) is 26.4. The lowest BCUT2D eigenvalue weighted by Crippen LogP contribution is -2.45. The second-order valence-corrected chi connectivity index (χ2v) is 13.6. The third-order valence-electron chi connectivity index (χ3n) is 8.19. The summed E-state index contributed by atoms with van der Waals surface area (Å²) in [4.78, 5) is 45.9. The smallest absolute Gasteiger partial charge is 0.456 e. The molecule has 3 aromatic rings. The number of nitrogens with one attached hydrogen (secondary N) is 2. The zero-order chi connectivity index (χ0) is 32.2. The van der Waals surface area contributed by atoms with E-state index in [1.54, 1.807) is 11.2 Å². The first-order valence-electron chi connectivity index (χ1n) is 15.7. The van der Waals surface area contributed by atoms with Crippen molar-refractivity contribution < 1.29 is 23.9 Å². The topological polar surface area (TPSA) is 139 Å². The quantitative estimate of drug-likeness (QED) is 0.0949. The van der Waals surface area contributed by atoms with Crippen LogP contribution in [0.15, 0.2) is 58.6 Å². The van der Waals surface area contributed by atoms with Crippen molar-refractivity contribution in [3.05, 3.63) is 81.9 Å². The number of hydrazone groups is 1. The number of fused-ring (bicyclic) bond motifs is 6. The van der Waals surface area contributed by atoms with Crippen molar-refractivity contribution >= 4 is 38.5 Å². The standard InChI is InChI=1S/C34H43N5O5Si/c1-5-36-25-19-24(4)32-31(21-25)44-30-22-29(37-6-2)23(3)20-28(30)34(32)27-14-9-8-13-26(27)33(40)39(34)38-17-11-7-10-15-35-16-12-18-45(41,42)43/h8-9,13-15,17,19-22,36-37,41-43H,5-7,10-12,16,18H2,1-4H3/b35-15?,38-17+. The zero-order valence-corrected chi connectivity index (χ0v) is 27.4. The number of anilines is 2. The number of aryl methyl sites for hydroxylation is 2. The molecule has 0 aliphatic carbocycles. The van der Waals surface area contributed by atoms with Gasteiger partial charge in [0, 0.05) is 77.7 Å². The molecule has 10 nitrogen and oxygen atoms in total. The number of ether oxygens (including phenoxy) is 1. The first kappa shape index (κ1) is 32.4. The predicted molar refractivity (Wildman–Crippen MR) is 181 cm³/mol. The molecule has 0 radical (unpaired) electrons. The van der Waals surface area contributed by atoms with Crippen molar-refractivity contribution in [3.63, 3.8) is 0 Å². The van der Waals surface area contributed by atoms with Gasteiger partial charge in [-0.2, -0.15) is 5.10 Å². The fraction of sp³-hybridized carbons (Fsp3) is 0.382. The molecular weight excluding hydrogens is 586 g/mol. The fourth-order valence-corrected chi connectivity index (χ4v) is 6.96. The molecule has 0 aromatic heterocycles. The Morgan fingerprint density at radius 1 is 0.911 bits per heavy atom. The Kier molecular flexibility index (Phi) is 9.73. The average molecular weight is 630 g/mol. The van der Waals surface area contributed by atoms with Crippen LogP contribution in [0.3, 0.4) is 0 Å². The molecule has 5 N–H and O–H groups in total. The fourth-order valence-electron chi connectivity index (χ4n) is 6.33. The minimum atomic E-state index is -4.00. The van der Waals surface area contributed by atoms with Crippen LogP contribution in [0.25, 0.3) is 0 Å². The molecule has 45 heavy (non-hydrogen) atoms. The summed E-state index contributed by atoms with van der Waals surface area (Å²) in [5, 5.41) is 13.4. The van der Waals surface area contributed by atoms with Gasteiger partial charge < -0.3 is 29.8 Å². The van der Waals surface area contributed by atoms with Gasteiger partial charge in [-0.05, 0) is 88.9 Å². The first-order chi connectivity index (χ1) is 21.6. The summed E-state index contributed by atoms with van der Waals surface area (Å²) < 4.78 is 6.67. The molecule has 0 fully saturated rings. The SMILES string of the molecule is CCNc1cc(C)c2c(c1)Oc1cc(NCC)c(C)cc1C21c2ccccc2C(=O)N1/N=C/CCCC=NCCC[Si](O)(O)O. The lowest BCUT2D eigenvalue weighted by Gasteiger charge is -2.43. The largest absolute Gasteiger partial charge is 0.492 e. The number of amides is 1. The number of nitrogens with zero attached hydrogens (tertiary/aromatic N) is 3. The summed E-state index contributed by atoms with van der Waals surface area (Å²) >= 11 is 0. The highest BCUT2D eigenvalue weighted by molar-refractivity contribution is 6.56. The van der Waals surface area contributed by atoms with Gasteiger partial charge in [0.25, 0.3) is 5.91 Å². The van der Waals surface area contributed by atoms with Crippen LogP contribution in [0, 0.1) is 13.8 Å². The molecule has 11 heteroatoms. The summed E-state index contributed by atoms with van der Waals surface area (Å²) in [6.07, 6.45) is 6.16. The van der Waals surface area contributed by atoms with Crippen molar-refractivity contribution in [3.8, 4) is 11.5 Å². The van der Waals surface area contributed by atoms with E-state index < -0.39 is 14.3 Å². The van der Waals surface area contributed by atoms with E-state index in [1.165, 1.54) is 0 Å². The highest BCUT2D eigenvalue weighted by atomic mass is 28.4. The molecule has 2 aliphatic rings. The summed E-state index contributed by atoms with van der Waals surface area (Å²) in [6, 6.07) is 16.0. The molecular formula is C34H43N5O5Si. The van der Waals surface area contributed by atoms with Crippen molar-refractivity contribution in [2.75, 3.05) is 30.3 Å². The third kappa shape index (κ3) is 6.39. The number of carbonyl (C=O) groups excluding carboxylic acids is 1. The van der Waals surface area contributed by atoms with Gasteiger partial charge in [-0.15, -0.1) is 0 Å². The van der Waals surface area contributed by atoms with Gasteiger partial charge in [-0.25, -0.2) is 5.01 Å². The van der Waals surface area contributed by atoms with Crippen molar-refractivity contribution in [2.45, 2.75) is 65.0 Å². The first-order valence-corrected chi connectivity index (χ1v) is 17.7. The number of benzene rings is 3. The van der Waals surface area contributed by atoms with E-state index in [9.17, 15) is 4.79 Å². The maximum atomic E-state index is 14.2. The van der Waals surface area contributed by atoms with Crippen molar-refractivity contribution in [2.24, 2.45) is 10.1 Å². The Bertz CT molecular complexity index is 1620. The van der Waals surface area contributed by atoms with Gasteiger partial charge in [0.05, 0.1) is 0 Å². The molecule has 238 valence electrons. The highest BCUT2D eigenvalue weighted by Crippen LogP contribution is 2.59. The molecule has 2 aliphatic heterocycles. The molecule has 3 aromatic carbocycles. The summed E-state index contributed by atoms with van der Waals surface area (Å²) in [6.45, 7) is 10.2. The van der Waals surface area contributed by atoms with Gasteiger partial charge in [-0.1, -0.05) is 18.2 Å². The van der Waals surface area contributed by atoms with Crippen LogP contribution in [-0.4, -0.2) is 66.2 Å². The molecule has 0 saturated carbocycles. The molecule has 1 atom stereocenters. The molecule has 2 heterocycles. The summed E-state index contributed by atoms with van der Waals surface area (Å²) in [5.41, 5.74) is 6.21. The Labute approximate surface area is 265 Å². The van der Waals surface area contributed by atoms with E-state index >= 15 is 0 Å². The van der Waals surface area contributed by atoms with Crippen LogP contribution in [0.5, 0.6) is 11.5 Å². The highest BCUT2D eigenvalue weighted by Gasteiger charge is 2.57. The minimum Gasteiger partial charge on any atom is -0.456 e. The Morgan fingerprint density at radius 3 is 2.42 bits per heavy atom. The van der Waals surface area contributed by atoms with Crippen LogP contribution in [0.1, 0.15) is 77.7 Å². The van der Waals surface area contributed by atoms with E-state index in [1.807, 2.05) is 42.6 Å². The van der Waals surface area contributed by atoms with Gasteiger partial charge in [0.1, 0.15) is 17.0 Å². The number of hydrogen-bond donors (Lipinski definition) is 5. The number of hydrogen-bond acceptors (Lipinski definition) is 9. The average Bonchev–Trinajstić information content (AvgIpc) is 3.22. The van der Waals surface area contributed by atoms with E-state index in [2.05, 4.69) is 55.5 Å². The normalized spacial score (nSPS) is 17.1. The maximum Gasteiger partial charge on any atom is 0.492 e. The Morgan fingerprint density at radius 2 is 1.67 bits per heavy atom. The van der Waals surface area contributed by atoms with Crippen molar-refractivity contribution in [1.82, 2.24) is 5.01 Å². The molecule has 0 bridgehead atoms. The third-order valence-corrected chi connectivity index (χ3v) is 9.22. The summed E-state index contributed by atoms with van der Waals surface area (Å²) in [5.74, 6) is 1.21. The van der Waals surface area contributed by atoms with Crippen LogP contribution in [-0.2, 0) is 5.54 Å². The van der Waals surface area contributed by atoms with Crippen LogP contribution >= 0.6 is 0 Å². The minimum absolute atomic E-state index is 0.0197. The van der Waals surface area contributed by atoms with E-state index in [0.717, 1.165) is 58.7 Å². The maximum absolute atomic E-state index is 14.2. The van der Waals surface area contributed by atoms with Crippen LogP contribution < -0.4 is 15.4 Å². The molecule has 1 amide bonds. The molecule has 5 rings (SSSR count). The number of aliphatic imine (C=N–C) groups is 1. The van der Waals surface area contributed by atoms with E-state index in [4.69, 9.17) is 24.2 Å². The monoisotopic (exact) mass is 629 g/mol. The Balaban J connectivity index is 1.54. The van der Waals surface area contributed by atoms with Crippen LogP contribution in [0.4, 0.5) is 11.4 Å². The lowest BCUT2D eigenvalue weighted by molar-refractivity contribution is 0.0673. The second-order valence-electron chi connectivity index (χ2n) is 11.6. The van der Waals surface area contributed by atoms with Crippen molar-refractivity contribution in [1.29, 1.82) is 0 Å². The lowest BCUT2D eigenvalue weighted by atomic mass is 9.73. The van der Waals surface area contributed by atoms with E-state index in [0.29, 0.717) is 42.9 Å². The number of unbranched alkanes of at least 4 members (excludes halogenated alkanes) is 2. The second kappa shape index (κ2) is 13.5. The number of carbonyl (C=O) groups is 1. The van der Waals surface area contributed by atoms with Gasteiger partial charge >= 0.3 is 8.80 Å².